The highest BCUT2D eigenvalue weighted by molar-refractivity contribution is 4.86. The van der Waals surface area contributed by atoms with Crippen molar-refractivity contribution in [2.45, 2.75) is 18.9 Å². The van der Waals surface area contributed by atoms with Crippen molar-refractivity contribution in [1.82, 2.24) is 9.80 Å². The fourth-order valence-corrected chi connectivity index (χ4v) is 2.44. The van der Waals surface area contributed by atoms with E-state index in [0.717, 1.165) is 19.1 Å². The Balaban J connectivity index is 1.84. The van der Waals surface area contributed by atoms with Crippen molar-refractivity contribution >= 4 is 0 Å². The minimum Gasteiger partial charge on any atom is -0.329 e. The van der Waals surface area contributed by atoms with Crippen molar-refractivity contribution in [3.05, 3.63) is 0 Å². The van der Waals surface area contributed by atoms with Crippen molar-refractivity contribution in [2.75, 3.05) is 39.3 Å². The molecule has 0 amide bonds. The van der Waals surface area contributed by atoms with E-state index in [1.54, 1.807) is 0 Å². The highest BCUT2D eigenvalue weighted by atomic mass is 15.3. The Morgan fingerprint density at radius 2 is 2.17 bits per heavy atom. The Hall–Kier alpha value is -0.120. The van der Waals surface area contributed by atoms with Crippen LogP contribution in [0.15, 0.2) is 0 Å². The average Bonchev–Trinajstić information content (AvgIpc) is 2.51. The third-order valence-electron chi connectivity index (χ3n) is 3.12. The predicted octanol–water partition coefficient (Wildman–Crippen LogP) is -0.275. The molecule has 2 heterocycles. The second kappa shape index (κ2) is 3.73. The van der Waals surface area contributed by atoms with Crippen LogP contribution >= 0.6 is 0 Å². The quantitative estimate of drug-likeness (QED) is 0.617. The molecule has 2 aliphatic heterocycles. The molecule has 0 bridgehead atoms. The summed E-state index contributed by atoms with van der Waals surface area (Å²) in [6, 6.07) is 0.852. The minimum atomic E-state index is 0.812. The maximum Gasteiger partial charge on any atom is 0.0224 e. The van der Waals surface area contributed by atoms with Gasteiger partial charge in [-0.1, -0.05) is 0 Å². The Bertz CT molecular complexity index is 149. The van der Waals surface area contributed by atoms with Crippen molar-refractivity contribution in [3.8, 4) is 0 Å². The zero-order chi connectivity index (χ0) is 8.39. The van der Waals surface area contributed by atoms with Crippen LogP contribution in [0.3, 0.4) is 0 Å². The van der Waals surface area contributed by atoms with Crippen LogP contribution < -0.4 is 5.73 Å². The van der Waals surface area contributed by atoms with Gasteiger partial charge in [-0.15, -0.1) is 0 Å². The number of hydrogen-bond donors (Lipinski definition) is 1. The maximum absolute atomic E-state index is 5.54. The monoisotopic (exact) mass is 169 g/mol. The first-order valence-electron chi connectivity index (χ1n) is 5.06. The molecule has 0 unspecified atom stereocenters. The lowest BCUT2D eigenvalue weighted by Crippen LogP contribution is -2.51. The largest absolute Gasteiger partial charge is 0.329 e. The fourth-order valence-electron chi connectivity index (χ4n) is 2.44. The summed E-state index contributed by atoms with van der Waals surface area (Å²) in [7, 11) is 0. The average molecular weight is 169 g/mol. The summed E-state index contributed by atoms with van der Waals surface area (Å²) in [6.45, 7) is 6.99. The van der Waals surface area contributed by atoms with Crippen molar-refractivity contribution in [1.29, 1.82) is 0 Å². The molecule has 2 aliphatic rings. The molecule has 2 N–H and O–H groups in total. The van der Waals surface area contributed by atoms with Crippen LogP contribution in [0.1, 0.15) is 12.8 Å². The van der Waals surface area contributed by atoms with Crippen LogP contribution in [0.2, 0.25) is 0 Å². The van der Waals surface area contributed by atoms with Crippen LogP contribution in [0, 0.1) is 0 Å². The van der Waals surface area contributed by atoms with Gasteiger partial charge in [-0.2, -0.15) is 0 Å². The summed E-state index contributed by atoms with van der Waals surface area (Å²) in [5.41, 5.74) is 5.54. The molecule has 0 aliphatic carbocycles. The molecule has 0 aromatic heterocycles. The van der Waals surface area contributed by atoms with Gasteiger partial charge in [0.2, 0.25) is 0 Å². The van der Waals surface area contributed by atoms with E-state index in [1.807, 2.05) is 0 Å². The molecule has 0 saturated carbocycles. The van der Waals surface area contributed by atoms with Crippen molar-refractivity contribution < 1.29 is 0 Å². The molecule has 70 valence electrons. The summed E-state index contributed by atoms with van der Waals surface area (Å²) in [4.78, 5) is 5.14. The van der Waals surface area contributed by atoms with Gasteiger partial charge < -0.3 is 5.73 Å². The fraction of sp³-hybridized carbons (Fsp3) is 1.00. The SMILES string of the molecule is NCCN1CCN2CCC[C@H]2C1. The molecular formula is C9H19N3. The lowest BCUT2D eigenvalue weighted by molar-refractivity contribution is 0.107. The topological polar surface area (TPSA) is 32.5 Å². The van der Waals surface area contributed by atoms with E-state index in [2.05, 4.69) is 9.80 Å². The van der Waals surface area contributed by atoms with Gasteiger partial charge in [0.25, 0.3) is 0 Å². The second-order valence-electron chi connectivity index (χ2n) is 3.92. The highest BCUT2D eigenvalue weighted by Crippen LogP contribution is 2.20. The Kier molecular flexibility index (Phi) is 2.63. The second-order valence-corrected chi connectivity index (χ2v) is 3.92. The lowest BCUT2D eigenvalue weighted by atomic mass is 10.1. The molecule has 1 atom stereocenters. The van der Waals surface area contributed by atoms with Crippen molar-refractivity contribution in [3.63, 3.8) is 0 Å². The van der Waals surface area contributed by atoms with Crippen LogP contribution in [-0.4, -0.2) is 55.1 Å². The highest BCUT2D eigenvalue weighted by Gasteiger charge is 2.29. The summed E-state index contributed by atoms with van der Waals surface area (Å²) in [5, 5.41) is 0. The smallest absolute Gasteiger partial charge is 0.0224 e. The Labute approximate surface area is 74.5 Å². The zero-order valence-electron chi connectivity index (χ0n) is 7.71. The van der Waals surface area contributed by atoms with E-state index in [9.17, 15) is 0 Å². The van der Waals surface area contributed by atoms with E-state index < -0.39 is 0 Å². The molecule has 3 heteroatoms. The van der Waals surface area contributed by atoms with Crippen LogP contribution in [0.4, 0.5) is 0 Å². The number of nitrogens with two attached hydrogens (primary N) is 1. The van der Waals surface area contributed by atoms with Crippen molar-refractivity contribution in [2.24, 2.45) is 5.73 Å². The van der Waals surface area contributed by atoms with Gasteiger partial charge >= 0.3 is 0 Å². The standard InChI is InChI=1S/C9H19N3/c10-3-5-11-6-7-12-4-1-2-9(12)8-11/h9H,1-8,10H2/t9-/m0/s1. The van der Waals surface area contributed by atoms with Gasteiger partial charge in [0.1, 0.15) is 0 Å². The van der Waals surface area contributed by atoms with Gasteiger partial charge in [0.05, 0.1) is 0 Å². The van der Waals surface area contributed by atoms with Crippen LogP contribution in [0.25, 0.3) is 0 Å². The van der Waals surface area contributed by atoms with E-state index >= 15 is 0 Å². The minimum absolute atomic E-state index is 0.812. The van der Waals surface area contributed by atoms with Gasteiger partial charge in [-0.25, -0.2) is 0 Å². The summed E-state index contributed by atoms with van der Waals surface area (Å²) < 4.78 is 0. The third kappa shape index (κ3) is 1.63. The first-order chi connectivity index (χ1) is 5.90. The van der Waals surface area contributed by atoms with Crippen LogP contribution in [-0.2, 0) is 0 Å². The molecular weight excluding hydrogens is 150 g/mol. The molecule has 2 saturated heterocycles. The molecule has 2 rings (SSSR count). The number of rotatable bonds is 2. The number of nitrogens with zero attached hydrogens (tertiary/aromatic N) is 2. The van der Waals surface area contributed by atoms with Gasteiger partial charge in [-0.05, 0) is 19.4 Å². The van der Waals surface area contributed by atoms with E-state index in [1.165, 1.54) is 39.0 Å². The zero-order valence-corrected chi connectivity index (χ0v) is 7.71. The van der Waals surface area contributed by atoms with Crippen LogP contribution in [0.5, 0.6) is 0 Å². The Morgan fingerprint density at radius 3 is 3.00 bits per heavy atom. The van der Waals surface area contributed by atoms with Gasteiger partial charge in [-0.3, -0.25) is 9.80 Å². The molecule has 0 radical (unpaired) electrons. The molecule has 12 heavy (non-hydrogen) atoms. The molecule has 0 aromatic rings. The number of fused-ring (bicyclic) bond motifs is 1. The first-order valence-corrected chi connectivity index (χ1v) is 5.06. The maximum atomic E-state index is 5.54. The molecule has 2 fully saturated rings. The number of hydrogen-bond acceptors (Lipinski definition) is 3. The first kappa shape index (κ1) is 8.48. The molecule has 0 aromatic carbocycles. The van der Waals surface area contributed by atoms with Gasteiger partial charge in [0.15, 0.2) is 0 Å². The van der Waals surface area contributed by atoms with E-state index in [0.29, 0.717) is 0 Å². The third-order valence-corrected chi connectivity index (χ3v) is 3.12. The predicted molar refractivity (Wildman–Crippen MR) is 50.1 cm³/mol. The number of piperazine rings is 1. The summed E-state index contributed by atoms with van der Waals surface area (Å²) >= 11 is 0. The lowest BCUT2D eigenvalue weighted by Gasteiger charge is -2.37. The molecule has 0 spiro atoms. The summed E-state index contributed by atoms with van der Waals surface area (Å²) in [5.74, 6) is 0. The normalized spacial score (nSPS) is 32.2. The van der Waals surface area contributed by atoms with E-state index in [-0.39, 0.29) is 0 Å². The van der Waals surface area contributed by atoms with Gasteiger partial charge in [0, 0.05) is 38.8 Å². The summed E-state index contributed by atoms with van der Waals surface area (Å²) in [6.07, 6.45) is 2.81. The Morgan fingerprint density at radius 1 is 1.25 bits per heavy atom. The molecule has 3 nitrogen and oxygen atoms in total. The van der Waals surface area contributed by atoms with E-state index in [4.69, 9.17) is 5.73 Å².